The second-order valence-corrected chi connectivity index (χ2v) is 5.59. The molecule has 6 nitrogen and oxygen atoms in total. The number of amides is 1. The van der Waals surface area contributed by atoms with Gasteiger partial charge in [0.15, 0.2) is 11.5 Å². The lowest BCUT2D eigenvalue weighted by atomic mass is 10.2. The van der Waals surface area contributed by atoms with E-state index in [1.807, 2.05) is 30.3 Å². The van der Waals surface area contributed by atoms with Gasteiger partial charge in [-0.15, -0.1) is 0 Å². The number of nitrogens with one attached hydrogen (secondary N) is 1. The monoisotopic (exact) mass is 355 g/mol. The second-order valence-electron chi connectivity index (χ2n) is 5.59. The largest absolute Gasteiger partial charge is 0.493 e. The zero-order chi connectivity index (χ0) is 18.9. The average Bonchev–Trinajstić information content (AvgIpc) is 2.65. The van der Waals surface area contributed by atoms with Crippen LogP contribution < -0.4 is 14.8 Å². The number of methoxy groups -OCH3 is 1. The van der Waals surface area contributed by atoms with E-state index in [0.717, 1.165) is 11.1 Å². The summed E-state index contributed by atoms with van der Waals surface area (Å²) >= 11 is 0. The van der Waals surface area contributed by atoms with Crippen LogP contribution in [0.3, 0.4) is 0 Å². The lowest BCUT2D eigenvalue weighted by Gasteiger charge is -2.11. The molecule has 2 aromatic rings. The molecular formula is C20H21NO5. The molecule has 1 atom stereocenters. The van der Waals surface area contributed by atoms with Gasteiger partial charge in [-0.05, 0) is 36.3 Å². The van der Waals surface area contributed by atoms with E-state index in [2.05, 4.69) is 5.32 Å². The number of benzene rings is 2. The Hall–Kier alpha value is -3.28. The van der Waals surface area contributed by atoms with Crippen molar-refractivity contribution in [2.75, 3.05) is 7.11 Å². The predicted octanol–water partition coefficient (Wildman–Crippen LogP) is 2.88. The lowest BCUT2D eigenvalue weighted by molar-refractivity contribution is -0.140. The van der Waals surface area contributed by atoms with Gasteiger partial charge < -0.3 is 19.9 Å². The molecule has 6 heteroatoms. The number of carbonyl (C=O) groups is 2. The third kappa shape index (κ3) is 5.66. The van der Waals surface area contributed by atoms with Gasteiger partial charge in [-0.1, -0.05) is 36.4 Å². The fourth-order valence-electron chi connectivity index (χ4n) is 2.14. The van der Waals surface area contributed by atoms with E-state index in [1.54, 1.807) is 31.4 Å². The van der Waals surface area contributed by atoms with Crippen LogP contribution in [0.5, 0.6) is 11.5 Å². The molecule has 0 aliphatic rings. The highest BCUT2D eigenvalue weighted by Gasteiger charge is 2.12. The van der Waals surface area contributed by atoms with Crippen molar-refractivity contribution in [1.82, 2.24) is 5.32 Å². The number of hydrogen-bond acceptors (Lipinski definition) is 4. The highest BCUT2D eigenvalue weighted by atomic mass is 16.5. The van der Waals surface area contributed by atoms with E-state index in [9.17, 15) is 9.59 Å². The molecular weight excluding hydrogens is 334 g/mol. The third-order valence-electron chi connectivity index (χ3n) is 3.58. The SMILES string of the molecule is COc1cc(/C=C/C(=O)N[C@H](C)C(=O)O)ccc1OCc1ccccc1. The van der Waals surface area contributed by atoms with Crippen molar-refractivity contribution in [2.24, 2.45) is 0 Å². The number of carbonyl (C=O) groups excluding carboxylic acids is 1. The minimum atomic E-state index is -1.09. The molecule has 0 saturated carbocycles. The predicted molar refractivity (Wildman–Crippen MR) is 98.0 cm³/mol. The Morgan fingerprint density at radius 1 is 1.15 bits per heavy atom. The number of carboxylic acids is 1. The maximum Gasteiger partial charge on any atom is 0.325 e. The fraction of sp³-hybridized carbons (Fsp3) is 0.200. The summed E-state index contributed by atoms with van der Waals surface area (Å²) in [5, 5.41) is 11.1. The number of hydrogen-bond donors (Lipinski definition) is 2. The lowest BCUT2D eigenvalue weighted by Crippen LogP contribution is -2.37. The van der Waals surface area contributed by atoms with Crippen molar-refractivity contribution >= 4 is 18.0 Å². The smallest absolute Gasteiger partial charge is 0.325 e. The maximum absolute atomic E-state index is 11.7. The molecule has 0 unspecified atom stereocenters. The van der Waals surface area contributed by atoms with Gasteiger partial charge in [0.2, 0.25) is 5.91 Å². The van der Waals surface area contributed by atoms with Crippen LogP contribution in [-0.4, -0.2) is 30.1 Å². The maximum atomic E-state index is 11.7. The first-order valence-electron chi connectivity index (χ1n) is 8.05. The molecule has 0 aliphatic carbocycles. The van der Waals surface area contributed by atoms with Crippen molar-refractivity contribution in [3.63, 3.8) is 0 Å². The van der Waals surface area contributed by atoms with E-state index in [4.69, 9.17) is 14.6 Å². The van der Waals surface area contributed by atoms with E-state index in [-0.39, 0.29) is 0 Å². The summed E-state index contributed by atoms with van der Waals surface area (Å²) < 4.78 is 11.1. The van der Waals surface area contributed by atoms with Gasteiger partial charge in [-0.2, -0.15) is 0 Å². The molecule has 2 rings (SSSR count). The molecule has 0 aromatic heterocycles. The third-order valence-corrected chi connectivity index (χ3v) is 3.58. The molecule has 0 radical (unpaired) electrons. The Labute approximate surface area is 152 Å². The highest BCUT2D eigenvalue weighted by Crippen LogP contribution is 2.29. The molecule has 2 N–H and O–H groups in total. The van der Waals surface area contributed by atoms with E-state index in [1.165, 1.54) is 13.0 Å². The molecule has 26 heavy (non-hydrogen) atoms. The van der Waals surface area contributed by atoms with Crippen LogP contribution in [0.1, 0.15) is 18.1 Å². The number of aliphatic carboxylic acids is 1. The standard InChI is InChI=1S/C20H21NO5/c1-14(20(23)24)21-19(22)11-9-15-8-10-17(18(12-15)25-2)26-13-16-6-4-3-5-7-16/h3-12,14H,13H2,1-2H3,(H,21,22)(H,23,24)/b11-9+/t14-/m1/s1. The van der Waals surface area contributed by atoms with Gasteiger partial charge in [0, 0.05) is 6.08 Å². The average molecular weight is 355 g/mol. The Morgan fingerprint density at radius 2 is 1.88 bits per heavy atom. The zero-order valence-corrected chi connectivity index (χ0v) is 14.6. The van der Waals surface area contributed by atoms with E-state index < -0.39 is 17.9 Å². The number of rotatable bonds is 8. The quantitative estimate of drug-likeness (QED) is 0.711. The van der Waals surface area contributed by atoms with Gasteiger partial charge in [0.05, 0.1) is 7.11 Å². The Balaban J connectivity index is 2.02. The van der Waals surface area contributed by atoms with Crippen LogP contribution in [0.25, 0.3) is 6.08 Å². The van der Waals surface area contributed by atoms with Crippen molar-refractivity contribution in [1.29, 1.82) is 0 Å². The van der Waals surface area contributed by atoms with Crippen LogP contribution in [0.4, 0.5) is 0 Å². The first-order valence-corrected chi connectivity index (χ1v) is 8.05. The summed E-state index contributed by atoms with van der Waals surface area (Å²) in [5.74, 6) is -0.434. The summed E-state index contributed by atoms with van der Waals surface area (Å²) in [7, 11) is 1.54. The topological polar surface area (TPSA) is 84.9 Å². The first kappa shape index (κ1) is 19.1. The van der Waals surface area contributed by atoms with Gasteiger partial charge in [-0.3, -0.25) is 9.59 Å². The number of carboxylic acid groups (broad SMARTS) is 1. The molecule has 0 bridgehead atoms. The summed E-state index contributed by atoms with van der Waals surface area (Å²) in [4.78, 5) is 22.4. The van der Waals surface area contributed by atoms with E-state index in [0.29, 0.717) is 18.1 Å². The highest BCUT2D eigenvalue weighted by molar-refractivity contribution is 5.94. The first-order chi connectivity index (χ1) is 12.5. The summed E-state index contributed by atoms with van der Waals surface area (Å²) in [6, 6.07) is 14.1. The molecule has 0 aliphatic heterocycles. The Morgan fingerprint density at radius 3 is 2.54 bits per heavy atom. The van der Waals surface area contributed by atoms with Crippen LogP contribution >= 0.6 is 0 Å². The fourth-order valence-corrected chi connectivity index (χ4v) is 2.14. The van der Waals surface area contributed by atoms with Crippen LogP contribution in [0.2, 0.25) is 0 Å². The zero-order valence-electron chi connectivity index (χ0n) is 14.6. The van der Waals surface area contributed by atoms with Crippen molar-refractivity contribution in [3.8, 4) is 11.5 Å². The summed E-state index contributed by atoms with van der Waals surface area (Å²) in [6.07, 6.45) is 2.85. The molecule has 1 amide bonds. The van der Waals surface area contributed by atoms with Crippen LogP contribution in [-0.2, 0) is 16.2 Å². The van der Waals surface area contributed by atoms with Crippen LogP contribution in [0, 0.1) is 0 Å². The van der Waals surface area contributed by atoms with E-state index >= 15 is 0 Å². The summed E-state index contributed by atoms with van der Waals surface area (Å²) in [5.41, 5.74) is 1.77. The van der Waals surface area contributed by atoms with Gasteiger partial charge in [-0.25, -0.2) is 0 Å². The normalized spacial score (nSPS) is 11.8. The van der Waals surface area contributed by atoms with Crippen molar-refractivity contribution < 1.29 is 24.2 Å². The Kier molecular flexibility index (Phi) is 6.79. The summed E-state index contributed by atoms with van der Waals surface area (Å²) in [6.45, 7) is 1.82. The molecule has 2 aromatic carbocycles. The molecule has 0 heterocycles. The van der Waals surface area contributed by atoms with Crippen molar-refractivity contribution in [2.45, 2.75) is 19.6 Å². The van der Waals surface area contributed by atoms with Gasteiger partial charge in [0.1, 0.15) is 12.6 Å². The second kappa shape index (κ2) is 9.27. The van der Waals surface area contributed by atoms with Crippen LogP contribution in [0.15, 0.2) is 54.6 Å². The van der Waals surface area contributed by atoms with Gasteiger partial charge >= 0.3 is 5.97 Å². The van der Waals surface area contributed by atoms with Crippen molar-refractivity contribution in [3.05, 3.63) is 65.7 Å². The molecule has 0 spiro atoms. The Bertz CT molecular complexity index is 786. The minimum Gasteiger partial charge on any atom is -0.493 e. The minimum absolute atomic E-state index is 0.419. The molecule has 136 valence electrons. The molecule has 0 fully saturated rings. The molecule has 0 saturated heterocycles. The van der Waals surface area contributed by atoms with Gasteiger partial charge in [0.25, 0.3) is 0 Å². The number of ether oxygens (including phenoxy) is 2.